The molecule has 2 aromatic carbocycles. The Labute approximate surface area is 162 Å². The van der Waals surface area contributed by atoms with Crippen LogP contribution in [0.25, 0.3) is 0 Å². The summed E-state index contributed by atoms with van der Waals surface area (Å²) in [5, 5.41) is 13.6. The van der Waals surface area contributed by atoms with E-state index in [1.807, 2.05) is 13.0 Å². The summed E-state index contributed by atoms with van der Waals surface area (Å²) in [5.41, 5.74) is 2.17. The quantitative estimate of drug-likeness (QED) is 0.618. The van der Waals surface area contributed by atoms with E-state index in [9.17, 15) is 18.8 Å². The number of carboxylic acids is 1. The van der Waals surface area contributed by atoms with Gasteiger partial charge in [0.1, 0.15) is 12.4 Å². The average molecular weight is 386 g/mol. The first kappa shape index (κ1) is 21.1. The second kappa shape index (κ2) is 10.2. The number of carbonyl (C=O) groups excluding carboxylic acids is 2. The van der Waals surface area contributed by atoms with Gasteiger partial charge in [0.15, 0.2) is 0 Å². The number of hydrogen-bond acceptors (Lipinski definition) is 3. The van der Waals surface area contributed by atoms with E-state index in [1.54, 1.807) is 30.3 Å². The van der Waals surface area contributed by atoms with Crippen LogP contribution in [-0.4, -0.2) is 29.4 Å². The van der Waals surface area contributed by atoms with E-state index in [0.29, 0.717) is 24.1 Å². The Kier molecular flexibility index (Phi) is 7.68. The van der Waals surface area contributed by atoms with E-state index in [0.717, 1.165) is 5.56 Å². The van der Waals surface area contributed by atoms with Gasteiger partial charge in [-0.15, -0.1) is 0 Å². The van der Waals surface area contributed by atoms with Crippen molar-refractivity contribution in [2.75, 3.05) is 11.9 Å². The zero-order valence-corrected chi connectivity index (χ0v) is 15.6. The summed E-state index contributed by atoms with van der Waals surface area (Å²) in [7, 11) is 0. The van der Waals surface area contributed by atoms with E-state index in [4.69, 9.17) is 5.11 Å². The summed E-state index contributed by atoms with van der Waals surface area (Å²) >= 11 is 0. The van der Waals surface area contributed by atoms with E-state index < -0.39 is 12.5 Å². The van der Waals surface area contributed by atoms with Crippen molar-refractivity contribution in [2.24, 2.45) is 5.92 Å². The molecular formula is C21H23FN2O4. The lowest BCUT2D eigenvalue weighted by Crippen LogP contribution is -2.30. The van der Waals surface area contributed by atoms with Gasteiger partial charge in [0, 0.05) is 12.1 Å². The fraction of sp³-hybridized carbons (Fsp3) is 0.286. The third-order valence-electron chi connectivity index (χ3n) is 4.05. The molecule has 0 aliphatic carbocycles. The fourth-order valence-corrected chi connectivity index (χ4v) is 2.80. The molecule has 0 heterocycles. The van der Waals surface area contributed by atoms with Crippen LogP contribution in [0.3, 0.4) is 0 Å². The third kappa shape index (κ3) is 7.57. The highest BCUT2D eigenvalue weighted by molar-refractivity contribution is 5.91. The third-order valence-corrected chi connectivity index (χ3v) is 4.05. The molecule has 2 rings (SSSR count). The summed E-state index contributed by atoms with van der Waals surface area (Å²) in [4.78, 5) is 34.2. The number of aliphatic carboxylic acids is 1. The standard InChI is InChI=1S/C21H23FN2O4/c1-14(9-16-3-2-4-17(22)11-16)10-20(26)24-18-7-5-15(6-8-18)12-19(25)23-13-21(27)28/h2-8,11,14H,9-10,12-13H2,1H3,(H,23,25)(H,24,26)(H,27,28). The second-order valence-electron chi connectivity index (χ2n) is 6.74. The number of rotatable bonds is 9. The second-order valence-corrected chi connectivity index (χ2v) is 6.74. The smallest absolute Gasteiger partial charge is 0.322 e. The minimum atomic E-state index is -1.10. The first-order valence-corrected chi connectivity index (χ1v) is 8.93. The lowest BCUT2D eigenvalue weighted by atomic mass is 9.97. The molecule has 0 saturated carbocycles. The molecule has 0 radical (unpaired) electrons. The topological polar surface area (TPSA) is 95.5 Å². The van der Waals surface area contributed by atoms with Gasteiger partial charge in [-0.05, 0) is 47.7 Å². The maximum atomic E-state index is 13.2. The van der Waals surface area contributed by atoms with Crippen molar-refractivity contribution in [3.05, 3.63) is 65.5 Å². The predicted molar refractivity (Wildman–Crippen MR) is 103 cm³/mol. The minimum Gasteiger partial charge on any atom is -0.480 e. The number of carbonyl (C=O) groups is 3. The largest absolute Gasteiger partial charge is 0.480 e. The Morgan fingerprint density at radius 1 is 1.04 bits per heavy atom. The molecule has 0 spiro atoms. The number of nitrogens with one attached hydrogen (secondary N) is 2. The lowest BCUT2D eigenvalue weighted by Gasteiger charge is -2.12. The van der Waals surface area contributed by atoms with Crippen molar-refractivity contribution < 1.29 is 23.9 Å². The normalized spacial score (nSPS) is 11.5. The number of hydrogen-bond donors (Lipinski definition) is 3. The van der Waals surface area contributed by atoms with Crippen molar-refractivity contribution >= 4 is 23.5 Å². The van der Waals surface area contributed by atoms with Crippen molar-refractivity contribution in [1.82, 2.24) is 5.32 Å². The van der Waals surface area contributed by atoms with Gasteiger partial charge in [0.05, 0.1) is 6.42 Å². The van der Waals surface area contributed by atoms with E-state index in [-0.39, 0.29) is 30.0 Å². The summed E-state index contributed by atoms with van der Waals surface area (Å²) in [6, 6.07) is 13.1. The van der Waals surface area contributed by atoms with Crippen molar-refractivity contribution in [1.29, 1.82) is 0 Å². The average Bonchev–Trinajstić information content (AvgIpc) is 2.61. The number of halogens is 1. The van der Waals surface area contributed by atoms with E-state index in [1.165, 1.54) is 12.1 Å². The molecule has 6 nitrogen and oxygen atoms in total. The predicted octanol–water partition coefficient (Wildman–Crippen LogP) is 2.78. The maximum absolute atomic E-state index is 13.2. The molecule has 0 fully saturated rings. The summed E-state index contributed by atoms with van der Waals surface area (Å²) in [6.07, 6.45) is 0.970. The minimum absolute atomic E-state index is 0.0546. The van der Waals surface area contributed by atoms with E-state index >= 15 is 0 Å². The number of benzene rings is 2. The number of anilines is 1. The van der Waals surface area contributed by atoms with Crippen LogP contribution < -0.4 is 10.6 Å². The molecule has 0 aliphatic heterocycles. The Balaban J connectivity index is 1.80. The summed E-state index contributed by atoms with van der Waals surface area (Å²) in [5.74, 6) is -1.86. The molecule has 1 atom stereocenters. The lowest BCUT2D eigenvalue weighted by molar-refractivity contribution is -0.137. The van der Waals surface area contributed by atoms with Gasteiger partial charge in [-0.1, -0.05) is 31.2 Å². The Hall–Kier alpha value is -3.22. The highest BCUT2D eigenvalue weighted by atomic mass is 19.1. The van der Waals surface area contributed by atoms with Crippen LogP contribution >= 0.6 is 0 Å². The van der Waals surface area contributed by atoms with Gasteiger partial charge in [-0.2, -0.15) is 0 Å². The maximum Gasteiger partial charge on any atom is 0.322 e. The van der Waals surface area contributed by atoms with Crippen LogP contribution in [0.4, 0.5) is 10.1 Å². The molecule has 0 aromatic heterocycles. The molecule has 7 heteroatoms. The fourth-order valence-electron chi connectivity index (χ4n) is 2.80. The van der Waals surface area contributed by atoms with Crippen LogP contribution in [0, 0.1) is 11.7 Å². The molecule has 1 unspecified atom stereocenters. The molecule has 28 heavy (non-hydrogen) atoms. The Morgan fingerprint density at radius 2 is 1.75 bits per heavy atom. The SMILES string of the molecule is CC(CC(=O)Nc1ccc(CC(=O)NCC(=O)O)cc1)Cc1cccc(F)c1. The number of amides is 2. The van der Waals surface area contributed by atoms with Gasteiger partial charge >= 0.3 is 5.97 Å². The number of carboxylic acid groups (broad SMARTS) is 1. The van der Waals surface area contributed by atoms with Crippen LogP contribution in [0.1, 0.15) is 24.5 Å². The zero-order chi connectivity index (χ0) is 20.5. The highest BCUT2D eigenvalue weighted by Gasteiger charge is 2.11. The molecular weight excluding hydrogens is 363 g/mol. The molecule has 2 aromatic rings. The van der Waals surface area contributed by atoms with Gasteiger partial charge < -0.3 is 15.7 Å². The molecule has 0 aliphatic rings. The van der Waals surface area contributed by atoms with Crippen molar-refractivity contribution in [3.8, 4) is 0 Å². The Bertz CT molecular complexity index is 837. The van der Waals surface area contributed by atoms with Gasteiger partial charge in [-0.25, -0.2) is 4.39 Å². The van der Waals surface area contributed by atoms with Crippen LogP contribution in [0.2, 0.25) is 0 Å². The molecule has 148 valence electrons. The summed E-state index contributed by atoms with van der Waals surface area (Å²) in [6.45, 7) is 1.52. The van der Waals surface area contributed by atoms with E-state index in [2.05, 4.69) is 10.6 Å². The van der Waals surface area contributed by atoms with Crippen molar-refractivity contribution in [3.63, 3.8) is 0 Å². The Morgan fingerprint density at radius 3 is 2.39 bits per heavy atom. The van der Waals surface area contributed by atoms with Crippen LogP contribution in [0.5, 0.6) is 0 Å². The van der Waals surface area contributed by atoms with Crippen LogP contribution in [-0.2, 0) is 27.2 Å². The van der Waals surface area contributed by atoms with Gasteiger partial charge in [-0.3, -0.25) is 14.4 Å². The van der Waals surface area contributed by atoms with Crippen molar-refractivity contribution in [2.45, 2.75) is 26.2 Å². The van der Waals surface area contributed by atoms with Gasteiger partial charge in [0.25, 0.3) is 0 Å². The molecule has 0 bridgehead atoms. The van der Waals surface area contributed by atoms with Gasteiger partial charge in [0.2, 0.25) is 11.8 Å². The monoisotopic (exact) mass is 386 g/mol. The first-order valence-electron chi connectivity index (χ1n) is 8.93. The molecule has 2 amide bonds. The molecule has 0 saturated heterocycles. The first-order chi connectivity index (χ1) is 13.3. The highest BCUT2D eigenvalue weighted by Crippen LogP contribution is 2.15. The zero-order valence-electron chi connectivity index (χ0n) is 15.6. The summed E-state index contributed by atoms with van der Waals surface area (Å²) < 4.78 is 13.2. The van der Waals surface area contributed by atoms with Crippen LogP contribution in [0.15, 0.2) is 48.5 Å². The molecule has 3 N–H and O–H groups in total.